The van der Waals surface area contributed by atoms with Crippen LogP contribution < -0.4 is 11.1 Å². The first-order valence-corrected chi connectivity index (χ1v) is 5.93. The molecule has 3 N–H and O–H groups in total. The molecular formula is C13H16N2O3. The molecule has 18 heavy (non-hydrogen) atoms. The number of primary amides is 1. The van der Waals surface area contributed by atoms with Gasteiger partial charge in [0.25, 0.3) is 0 Å². The number of nitrogens with one attached hydrogen (secondary N) is 1. The summed E-state index contributed by atoms with van der Waals surface area (Å²) in [4.78, 5) is 22.7. The van der Waals surface area contributed by atoms with Crippen molar-refractivity contribution in [2.75, 3.05) is 0 Å². The van der Waals surface area contributed by atoms with Crippen LogP contribution in [-0.2, 0) is 16.1 Å². The molecule has 0 radical (unpaired) electrons. The van der Waals surface area contributed by atoms with Crippen molar-refractivity contribution in [3.05, 3.63) is 35.9 Å². The van der Waals surface area contributed by atoms with Gasteiger partial charge in [0.05, 0.1) is 0 Å². The van der Waals surface area contributed by atoms with Crippen LogP contribution in [0.25, 0.3) is 0 Å². The molecule has 96 valence electrons. The molecule has 0 aromatic heterocycles. The van der Waals surface area contributed by atoms with E-state index in [2.05, 4.69) is 5.32 Å². The lowest BCUT2D eigenvalue weighted by molar-refractivity contribution is -0.120. The third-order valence-corrected chi connectivity index (χ3v) is 2.89. The van der Waals surface area contributed by atoms with E-state index in [1.54, 1.807) is 0 Å². The minimum atomic E-state index is -0.603. The van der Waals surface area contributed by atoms with Crippen LogP contribution in [0.4, 0.5) is 4.79 Å². The Morgan fingerprint density at radius 2 is 2.00 bits per heavy atom. The van der Waals surface area contributed by atoms with Crippen LogP contribution in [0.3, 0.4) is 0 Å². The van der Waals surface area contributed by atoms with Crippen molar-refractivity contribution in [2.24, 2.45) is 11.7 Å². The fraction of sp³-hybridized carbons (Fsp3) is 0.385. The first-order chi connectivity index (χ1) is 8.66. The molecule has 1 aliphatic rings. The van der Waals surface area contributed by atoms with E-state index in [0.717, 1.165) is 18.4 Å². The predicted molar refractivity (Wildman–Crippen MR) is 65.5 cm³/mol. The number of nitrogens with two attached hydrogens (primary N) is 1. The Bertz CT molecular complexity index is 429. The molecule has 2 rings (SSSR count). The number of rotatable bonds is 5. The van der Waals surface area contributed by atoms with Gasteiger partial charge in [0, 0.05) is 0 Å². The van der Waals surface area contributed by atoms with E-state index in [1.165, 1.54) is 0 Å². The van der Waals surface area contributed by atoms with Crippen LogP contribution in [0.2, 0.25) is 0 Å². The summed E-state index contributed by atoms with van der Waals surface area (Å²) in [5.41, 5.74) is 6.12. The fourth-order valence-corrected chi connectivity index (χ4v) is 1.74. The van der Waals surface area contributed by atoms with Gasteiger partial charge in [-0.25, -0.2) is 4.79 Å². The third-order valence-electron chi connectivity index (χ3n) is 2.89. The third kappa shape index (κ3) is 3.48. The van der Waals surface area contributed by atoms with Gasteiger partial charge in [-0.05, 0) is 24.3 Å². The van der Waals surface area contributed by atoms with E-state index >= 15 is 0 Å². The predicted octanol–water partition coefficient (Wildman–Crippen LogP) is 1.18. The molecule has 1 saturated carbocycles. The van der Waals surface area contributed by atoms with Crippen molar-refractivity contribution in [1.29, 1.82) is 0 Å². The van der Waals surface area contributed by atoms with Crippen molar-refractivity contribution < 1.29 is 14.3 Å². The number of ether oxygens (including phenoxy) is 1. The molecule has 0 spiro atoms. The van der Waals surface area contributed by atoms with Gasteiger partial charge in [-0.1, -0.05) is 30.3 Å². The first kappa shape index (κ1) is 12.4. The maximum absolute atomic E-state index is 11.5. The molecule has 0 aliphatic heterocycles. The molecule has 1 aliphatic carbocycles. The SMILES string of the molecule is NC(=O)[C@@H](NC(=O)OCc1ccccc1)C1CC1. The van der Waals surface area contributed by atoms with Crippen LogP contribution in [0.1, 0.15) is 18.4 Å². The standard InChI is InChI=1S/C13H16N2O3/c14-12(16)11(10-6-7-10)15-13(17)18-8-9-4-2-1-3-5-9/h1-5,10-11H,6-8H2,(H2,14,16)(H,15,17)/t11-/m0/s1. The van der Waals surface area contributed by atoms with E-state index < -0.39 is 18.0 Å². The van der Waals surface area contributed by atoms with Crippen LogP contribution >= 0.6 is 0 Å². The molecule has 0 saturated heterocycles. The summed E-state index contributed by atoms with van der Waals surface area (Å²) in [6.07, 6.45) is 1.24. The van der Waals surface area contributed by atoms with E-state index in [-0.39, 0.29) is 12.5 Å². The first-order valence-electron chi connectivity index (χ1n) is 5.93. The number of carbonyl (C=O) groups excluding carboxylic acids is 2. The summed E-state index contributed by atoms with van der Waals surface area (Å²) >= 11 is 0. The second kappa shape index (κ2) is 5.53. The van der Waals surface area contributed by atoms with Gasteiger partial charge < -0.3 is 15.8 Å². The second-order valence-electron chi connectivity index (χ2n) is 4.42. The average molecular weight is 248 g/mol. The Balaban J connectivity index is 1.79. The minimum Gasteiger partial charge on any atom is -0.445 e. The van der Waals surface area contributed by atoms with Gasteiger partial charge in [0.2, 0.25) is 5.91 Å². The van der Waals surface area contributed by atoms with Gasteiger partial charge in [0.15, 0.2) is 0 Å². The molecule has 0 heterocycles. The van der Waals surface area contributed by atoms with Gasteiger partial charge >= 0.3 is 6.09 Å². The van der Waals surface area contributed by atoms with E-state index in [9.17, 15) is 9.59 Å². The lowest BCUT2D eigenvalue weighted by Gasteiger charge is -2.14. The number of amides is 2. The van der Waals surface area contributed by atoms with Crippen molar-refractivity contribution >= 4 is 12.0 Å². The Hall–Kier alpha value is -2.04. The largest absolute Gasteiger partial charge is 0.445 e. The summed E-state index contributed by atoms with van der Waals surface area (Å²) in [7, 11) is 0. The molecule has 1 atom stereocenters. The zero-order valence-corrected chi connectivity index (χ0v) is 9.96. The molecule has 2 amide bonds. The highest BCUT2D eigenvalue weighted by molar-refractivity contribution is 5.84. The van der Waals surface area contributed by atoms with Crippen LogP contribution in [0, 0.1) is 5.92 Å². The van der Waals surface area contributed by atoms with E-state index in [1.807, 2.05) is 30.3 Å². The van der Waals surface area contributed by atoms with E-state index in [0.29, 0.717) is 0 Å². The Kier molecular flexibility index (Phi) is 3.82. The van der Waals surface area contributed by atoms with Crippen LogP contribution in [0.15, 0.2) is 30.3 Å². The number of alkyl carbamates (subject to hydrolysis) is 1. The monoisotopic (exact) mass is 248 g/mol. The Morgan fingerprint density at radius 1 is 1.33 bits per heavy atom. The number of hydrogen-bond acceptors (Lipinski definition) is 3. The molecule has 0 unspecified atom stereocenters. The molecule has 5 nitrogen and oxygen atoms in total. The normalized spacial score (nSPS) is 15.8. The molecule has 1 aromatic carbocycles. The van der Waals surface area contributed by atoms with Gasteiger partial charge in [-0.2, -0.15) is 0 Å². The Labute approximate surface area is 105 Å². The zero-order valence-electron chi connectivity index (χ0n) is 9.96. The summed E-state index contributed by atoms with van der Waals surface area (Å²) in [5, 5.41) is 2.51. The summed E-state index contributed by atoms with van der Waals surface area (Å²) in [5.74, 6) is -0.332. The quantitative estimate of drug-likeness (QED) is 0.820. The van der Waals surface area contributed by atoms with Gasteiger partial charge in [-0.15, -0.1) is 0 Å². The molecule has 1 fully saturated rings. The maximum Gasteiger partial charge on any atom is 0.408 e. The Morgan fingerprint density at radius 3 is 2.56 bits per heavy atom. The second-order valence-corrected chi connectivity index (χ2v) is 4.42. The maximum atomic E-state index is 11.5. The van der Waals surface area contributed by atoms with Crippen molar-refractivity contribution in [1.82, 2.24) is 5.32 Å². The van der Waals surface area contributed by atoms with Crippen molar-refractivity contribution in [3.63, 3.8) is 0 Å². The minimum absolute atomic E-state index is 0.173. The lowest BCUT2D eigenvalue weighted by atomic mass is 10.2. The van der Waals surface area contributed by atoms with Gasteiger partial charge in [-0.3, -0.25) is 4.79 Å². The molecule has 1 aromatic rings. The summed E-state index contributed by atoms with van der Waals surface area (Å²) < 4.78 is 5.03. The summed E-state index contributed by atoms with van der Waals surface area (Å²) in [6, 6.07) is 8.74. The molecule has 5 heteroatoms. The highest BCUT2D eigenvalue weighted by Gasteiger charge is 2.36. The number of hydrogen-bond donors (Lipinski definition) is 2. The van der Waals surface area contributed by atoms with Crippen LogP contribution in [-0.4, -0.2) is 18.0 Å². The van der Waals surface area contributed by atoms with Gasteiger partial charge in [0.1, 0.15) is 12.6 Å². The molecule has 0 bridgehead atoms. The number of carbonyl (C=O) groups is 2. The highest BCUT2D eigenvalue weighted by atomic mass is 16.5. The van der Waals surface area contributed by atoms with E-state index in [4.69, 9.17) is 10.5 Å². The lowest BCUT2D eigenvalue weighted by Crippen LogP contribution is -2.46. The highest BCUT2D eigenvalue weighted by Crippen LogP contribution is 2.32. The van der Waals surface area contributed by atoms with Crippen LogP contribution in [0.5, 0.6) is 0 Å². The average Bonchev–Trinajstić information content (AvgIpc) is 3.18. The topological polar surface area (TPSA) is 81.4 Å². The fourth-order valence-electron chi connectivity index (χ4n) is 1.74. The zero-order chi connectivity index (χ0) is 13.0. The van der Waals surface area contributed by atoms with Crippen molar-refractivity contribution in [2.45, 2.75) is 25.5 Å². The number of benzene rings is 1. The van der Waals surface area contributed by atoms with Crippen molar-refractivity contribution in [3.8, 4) is 0 Å². The smallest absolute Gasteiger partial charge is 0.408 e. The molecular weight excluding hydrogens is 232 g/mol. The summed E-state index contributed by atoms with van der Waals surface area (Å²) in [6.45, 7) is 0.183.